The summed E-state index contributed by atoms with van der Waals surface area (Å²) in [5.74, 6) is -4.03. The van der Waals surface area contributed by atoms with Gasteiger partial charge in [-0.25, -0.2) is 4.79 Å². The van der Waals surface area contributed by atoms with Gasteiger partial charge in [-0.05, 0) is 62.2 Å². The number of carbonyl (C=O) groups excluding carboxylic acids is 1. The summed E-state index contributed by atoms with van der Waals surface area (Å²) in [5.41, 5.74) is -0.929. The summed E-state index contributed by atoms with van der Waals surface area (Å²) >= 11 is 6.10. The fourth-order valence-corrected chi connectivity index (χ4v) is 3.90. The van der Waals surface area contributed by atoms with E-state index < -0.39 is 39.6 Å². The fraction of sp³-hybridized carbons (Fsp3) is 0.154. The first-order valence-electron chi connectivity index (χ1n) is 10.9. The minimum Gasteiger partial charge on any atom is -0.449 e. The number of alkyl halides is 3. The standard InChI is InChI=1S/C26H17ClF3NO7/c1-12-9-16(10-13(2)21(12)27)36-23-22(32)18-8-7-15(11-20(18)38-24(23)26(28,29)30)37-25(33)17-5-4-6-19(14(17)3)31(34)35/h4-11H,1-3H3. The van der Waals surface area contributed by atoms with Gasteiger partial charge >= 0.3 is 12.1 Å². The Labute approximate surface area is 217 Å². The Morgan fingerprint density at radius 1 is 1.03 bits per heavy atom. The molecular weight excluding hydrogens is 531 g/mol. The molecule has 0 radical (unpaired) electrons. The average molecular weight is 548 g/mol. The molecule has 38 heavy (non-hydrogen) atoms. The van der Waals surface area contributed by atoms with Gasteiger partial charge in [0.25, 0.3) is 11.4 Å². The van der Waals surface area contributed by atoms with Crippen LogP contribution in [-0.4, -0.2) is 10.9 Å². The Balaban J connectivity index is 1.76. The minimum absolute atomic E-state index is 0.0422. The number of halogens is 4. The molecule has 0 aliphatic heterocycles. The van der Waals surface area contributed by atoms with Crippen LogP contribution < -0.4 is 14.9 Å². The lowest BCUT2D eigenvalue weighted by Crippen LogP contribution is -2.16. The minimum atomic E-state index is -5.11. The molecule has 3 aromatic carbocycles. The van der Waals surface area contributed by atoms with Crippen LogP contribution in [-0.2, 0) is 6.18 Å². The molecule has 0 atom stereocenters. The van der Waals surface area contributed by atoms with Gasteiger partial charge in [0.1, 0.15) is 17.1 Å². The van der Waals surface area contributed by atoms with Gasteiger partial charge in [-0.3, -0.25) is 14.9 Å². The van der Waals surface area contributed by atoms with E-state index in [1.165, 1.54) is 43.3 Å². The molecule has 4 rings (SSSR count). The molecule has 0 aliphatic rings. The van der Waals surface area contributed by atoms with Crippen molar-refractivity contribution in [3.8, 4) is 17.2 Å². The molecule has 0 saturated carbocycles. The number of ether oxygens (including phenoxy) is 2. The molecule has 12 heteroatoms. The molecule has 0 spiro atoms. The third-order valence-corrected chi connectivity index (χ3v) is 6.24. The van der Waals surface area contributed by atoms with Gasteiger partial charge in [-0.1, -0.05) is 17.7 Å². The number of aryl methyl sites for hydroxylation is 2. The first kappa shape index (κ1) is 26.7. The van der Waals surface area contributed by atoms with Crippen LogP contribution in [0.3, 0.4) is 0 Å². The van der Waals surface area contributed by atoms with Crippen LogP contribution in [0.2, 0.25) is 5.02 Å². The van der Waals surface area contributed by atoms with Crippen LogP contribution in [0, 0.1) is 30.9 Å². The van der Waals surface area contributed by atoms with Gasteiger partial charge < -0.3 is 13.9 Å². The number of rotatable bonds is 5. The smallest absolute Gasteiger partial charge is 0.449 e. The number of hydrogen-bond acceptors (Lipinski definition) is 7. The first-order chi connectivity index (χ1) is 17.8. The third kappa shape index (κ3) is 5.05. The van der Waals surface area contributed by atoms with E-state index in [4.69, 9.17) is 25.5 Å². The molecule has 196 valence electrons. The van der Waals surface area contributed by atoms with Crippen molar-refractivity contribution >= 4 is 34.2 Å². The number of nitro benzene ring substituents is 1. The van der Waals surface area contributed by atoms with E-state index in [9.17, 15) is 32.9 Å². The van der Waals surface area contributed by atoms with E-state index in [2.05, 4.69) is 0 Å². The maximum absolute atomic E-state index is 13.9. The molecule has 0 amide bonds. The van der Waals surface area contributed by atoms with Gasteiger partial charge in [0, 0.05) is 22.7 Å². The Morgan fingerprint density at radius 3 is 2.29 bits per heavy atom. The van der Waals surface area contributed by atoms with Crippen LogP contribution in [0.1, 0.15) is 32.8 Å². The predicted octanol–water partition coefficient (Wildman–Crippen LogP) is 7.31. The largest absolute Gasteiger partial charge is 0.453 e. The Kier molecular flexibility index (Phi) is 6.90. The number of benzene rings is 3. The number of fused-ring (bicyclic) bond motifs is 1. The highest BCUT2D eigenvalue weighted by atomic mass is 35.5. The molecule has 0 saturated heterocycles. The van der Waals surface area contributed by atoms with Gasteiger partial charge in [-0.15, -0.1) is 0 Å². The van der Waals surface area contributed by atoms with Crippen molar-refractivity contribution in [2.45, 2.75) is 26.9 Å². The van der Waals surface area contributed by atoms with Crippen molar-refractivity contribution in [2.24, 2.45) is 0 Å². The Hall–Kier alpha value is -4.38. The number of nitro groups is 1. The van der Waals surface area contributed by atoms with E-state index in [0.29, 0.717) is 16.1 Å². The topological polar surface area (TPSA) is 109 Å². The maximum Gasteiger partial charge on any atom is 0.453 e. The molecule has 8 nitrogen and oxygen atoms in total. The lowest BCUT2D eigenvalue weighted by Gasteiger charge is -2.15. The summed E-state index contributed by atoms with van der Waals surface area (Å²) in [7, 11) is 0. The molecule has 4 aromatic rings. The molecular formula is C26H17ClF3NO7. The summed E-state index contributed by atoms with van der Waals surface area (Å²) < 4.78 is 57.3. The number of carbonyl (C=O) groups is 1. The molecule has 0 fully saturated rings. The molecule has 1 heterocycles. The lowest BCUT2D eigenvalue weighted by atomic mass is 10.1. The molecule has 1 aromatic heterocycles. The second-order valence-corrected chi connectivity index (χ2v) is 8.69. The molecule has 0 bridgehead atoms. The highest BCUT2D eigenvalue weighted by Crippen LogP contribution is 2.39. The monoisotopic (exact) mass is 547 g/mol. The van der Waals surface area contributed by atoms with Crippen LogP contribution in [0.25, 0.3) is 11.0 Å². The van der Waals surface area contributed by atoms with E-state index in [-0.39, 0.29) is 33.7 Å². The SMILES string of the molecule is Cc1cc(Oc2c(C(F)(F)F)oc3cc(OC(=O)c4cccc([N+](=O)[O-])c4C)ccc3c2=O)cc(C)c1Cl. The second-order valence-electron chi connectivity index (χ2n) is 8.31. The number of esters is 1. The molecule has 0 unspecified atom stereocenters. The first-order valence-corrected chi connectivity index (χ1v) is 11.2. The van der Waals surface area contributed by atoms with Crippen molar-refractivity contribution in [1.29, 1.82) is 0 Å². The Bertz CT molecular complexity index is 1660. The van der Waals surface area contributed by atoms with E-state index in [1.54, 1.807) is 13.8 Å². The van der Waals surface area contributed by atoms with E-state index in [0.717, 1.165) is 12.1 Å². The zero-order valence-corrected chi connectivity index (χ0v) is 20.7. The zero-order valence-electron chi connectivity index (χ0n) is 19.9. The van der Waals surface area contributed by atoms with Gasteiger partial charge in [0.05, 0.1) is 15.9 Å². The van der Waals surface area contributed by atoms with Crippen molar-refractivity contribution in [2.75, 3.05) is 0 Å². The van der Waals surface area contributed by atoms with Gasteiger partial charge in [-0.2, -0.15) is 13.2 Å². The normalized spacial score (nSPS) is 11.4. The van der Waals surface area contributed by atoms with Crippen molar-refractivity contribution in [3.63, 3.8) is 0 Å². The highest BCUT2D eigenvalue weighted by Gasteiger charge is 2.40. The quantitative estimate of drug-likeness (QED) is 0.111. The summed E-state index contributed by atoms with van der Waals surface area (Å²) in [5, 5.41) is 11.3. The van der Waals surface area contributed by atoms with Crippen LogP contribution in [0.15, 0.2) is 57.7 Å². The zero-order chi connectivity index (χ0) is 27.9. The van der Waals surface area contributed by atoms with Crippen molar-refractivity contribution in [3.05, 3.63) is 102 Å². The highest BCUT2D eigenvalue weighted by molar-refractivity contribution is 6.32. The van der Waals surface area contributed by atoms with E-state index in [1.807, 2.05) is 0 Å². The lowest BCUT2D eigenvalue weighted by molar-refractivity contribution is -0.385. The summed E-state index contributed by atoms with van der Waals surface area (Å²) in [4.78, 5) is 36.2. The maximum atomic E-state index is 13.9. The summed E-state index contributed by atoms with van der Waals surface area (Å²) in [6, 6.07) is 9.82. The number of nitrogens with zero attached hydrogens (tertiary/aromatic N) is 1. The Morgan fingerprint density at radius 2 is 1.68 bits per heavy atom. The van der Waals surface area contributed by atoms with Gasteiger partial charge in [0.15, 0.2) is 0 Å². The number of hydrogen-bond donors (Lipinski definition) is 0. The van der Waals surface area contributed by atoms with Crippen molar-refractivity contribution < 1.29 is 36.8 Å². The van der Waals surface area contributed by atoms with Crippen molar-refractivity contribution in [1.82, 2.24) is 0 Å². The van der Waals surface area contributed by atoms with Crippen LogP contribution in [0.4, 0.5) is 18.9 Å². The summed E-state index contributed by atoms with van der Waals surface area (Å²) in [6.45, 7) is 4.62. The predicted molar refractivity (Wildman–Crippen MR) is 131 cm³/mol. The van der Waals surface area contributed by atoms with Crippen LogP contribution >= 0.6 is 11.6 Å². The molecule has 0 aliphatic carbocycles. The third-order valence-electron chi connectivity index (χ3n) is 5.64. The second kappa shape index (κ2) is 9.82. The fourth-order valence-electron chi connectivity index (χ4n) is 3.79. The van der Waals surface area contributed by atoms with Crippen LogP contribution in [0.5, 0.6) is 17.2 Å². The van der Waals surface area contributed by atoms with Gasteiger partial charge in [0.2, 0.25) is 11.2 Å². The average Bonchev–Trinajstić information content (AvgIpc) is 2.83. The molecule has 0 N–H and O–H groups in total. The summed E-state index contributed by atoms with van der Waals surface area (Å²) in [6.07, 6.45) is -5.11. The van der Waals surface area contributed by atoms with E-state index >= 15 is 0 Å².